The fraction of sp³-hybridized carbons (Fsp3) is 0.400. The van der Waals surface area contributed by atoms with Crippen LogP contribution in [0.4, 0.5) is 0 Å². The lowest BCUT2D eigenvalue weighted by Gasteiger charge is -2.07. The second-order valence-corrected chi connectivity index (χ2v) is 5.64. The van der Waals surface area contributed by atoms with Crippen LogP contribution in [0.3, 0.4) is 0 Å². The summed E-state index contributed by atoms with van der Waals surface area (Å²) < 4.78 is 3.50. The quantitative estimate of drug-likeness (QED) is 0.760. The molecule has 1 heterocycles. The minimum absolute atomic E-state index is 0.876. The first-order valence-electron chi connectivity index (χ1n) is 6.45. The van der Waals surface area contributed by atoms with Gasteiger partial charge in [0.05, 0.1) is 21.5 Å². The molecule has 0 saturated carbocycles. The molecule has 0 amide bonds. The minimum atomic E-state index is 0.876. The Kier molecular flexibility index (Phi) is 4.43. The molecule has 2 nitrogen and oxygen atoms in total. The number of benzene rings is 1. The smallest absolute Gasteiger partial charge is 0.0758 e. The lowest BCUT2D eigenvalue weighted by molar-refractivity contribution is 0.640. The molecule has 2 rings (SSSR count). The molecule has 96 valence electrons. The molecular weight excluding hydrogens is 335 g/mol. The molecule has 18 heavy (non-hydrogen) atoms. The summed E-state index contributed by atoms with van der Waals surface area (Å²) in [6.45, 7) is 7.38. The van der Waals surface area contributed by atoms with Crippen LogP contribution < -0.4 is 0 Å². The average Bonchev–Trinajstić information content (AvgIpc) is 2.65. The third kappa shape index (κ3) is 2.76. The number of aryl methyl sites for hydroxylation is 2. The van der Waals surface area contributed by atoms with Gasteiger partial charge in [0.1, 0.15) is 0 Å². The molecule has 0 aliphatic carbocycles. The second-order valence-electron chi connectivity index (χ2n) is 4.56. The van der Waals surface area contributed by atoms with Gasteiger partial charge in [-0.25, -0.2) is 0 Å². The second kappa shape index (κ2) is 5.87. The van der Waals surface area contributed by atoms with Crippen LogP contribution in [0.2, 0.25) is 0 Å². The van der Waals surface area contributed by atoms with Gasteiger partial charge in [-0.2, -0.15) is 5.10 Å². The van der Waals surface area contributed by atoms with Gasteiger partial charge in [-0.05, 0) is 47.9 Å². The number of rotatable bonds is 4. The molecule has 0 aliphatic rings. The van der Waals surface area contributed by atoms with Crippen molar-refractivity contribution in [3.63, 3.8) is 0 Å². The van der Waals surface area contributed by atoms with Gasteiger partial charge in [-0.1, -0.05) is 43.7 Å². The zero-order chi connectivity index (χ0) is 13.1. The van der Waals surface area contributed by atoms with Crippen molar-refractivity contribution in [2.24, 2.45) is 0 Å². The van der Waals surface area contributed by atoms with Crippen LogP contribution in [-0.2, 0) is 19.4 Å². The Labute approximate surface area is 123 Å². The fourth-order valence-electron chi connectivity index (χ4n) is 2.21. The molecule has 0 atom stereocenters. The Morgan fingerprint density at radius 2 is 2.00 bits per heavy atom. The summed E-state index contributed by atoms with van der Waals surface area (Å²) in [5.74, 6) is 0. The van der Waals surface area contributed by atoms with Crippen LogP contribution >= 0.6 is 22.6 Å². The van der Waals surface area contributed by atoms with Crippen LogP contribution in [-0.4, -0.2) is 9.78 Å². The maximum absolute atomic E-state index is 4.73. The van der Waals surface area contributed by atoms with Crippen LogP contribution in [0.5, 0.6) is 0 Å². The number of aromatic nitrogens is 2. The van der Waals surface area contributed by atoms with Gasteiger partial charge in [0.2, 0.25) is 0 Å². The molecule has 0 saturated heterocycles. The Morgan fingerprint density at radius 1 is 1.22 bits per heavy atom. The van der Waals surface area contributed by atoms with Gasteiger partial charge in [-0.15, -0.1) is 0 Å². The van der Waals surface area contributed by atoms with E-state index in [0.29, 0.717) is 0 Å². The predicted octanol–water partition coefficient (Wildman–Crippen LogP) is 3.97. The molecule has 1 aromatic carbocycles. The molecule has 0 aliphatic heterocycles. The monoisotopic (exact) mass is 354 g/mol. The van der Waals surface area contributed by atoms with Gasteiger partial charge in [0.15, 0.2) is 0 Å². The third-order valence-corrected chi connectivity index (χ3v) is 4.39. The normalized spacial score (nSPS) is 10.9. The highest BCUT2D eigenvalue weighted by atomic mass is 127. The van der Waals surface area contributed by atoms with Crippen molar-refractivity contribution in [3.8, 4) is 0 Å². The van der Waals surface area contributed by atoms with E-state index in [9.17, 15) is 0 Å². The van der Waals surface area contributed by atoms with E-state index in [1.807, 2.05) is 0 Å². The highest BCUT2D eigenvalue weighted by molar-refractivity contribution is 14.1. The van der Waals surface area contributed by atoms with Crippen molar-refractivity contribution >= 4 is 22.6 Å². The van der Waals surface area contributed by atoms with E-state index in [1.54, 1.807) is 0 Å². The Balaban J connectivity index is 2.34. The zero-order valence-corrected chi connectivity index (χ0v) is 13.4. The summed E-state index contributed by atoms with van der Waals surface area (Å²) >= 11 is 2.43. The molecule has 3 heteroatoms. The molecule has 0 fully saturated rings. The number of halogens is 1. The van der Waals surface area contributed by atoms with Crippen molar-refractivity contribution in [1.82, 2.24) is 9.78 Å². The predicted molar refractivity (Wildman–Crippen MR) is 84.0 cm³/mol. The third-order valence-electron chi connectivity index (χ3n) is 3.14. The molecule has 0 radical (unpaired) electrons. The lowest BCUT2D eigenvalue weighted by atomic mass is 10.1. The minimum Gasteiger partial charge on any atom is -0.264 e. The van der Waals surface area contributed by atoms with E-state index in [2.05, 4.69) is 72.3 Å². The van der Waals surface area contributed by atoms with E-state index >= 15 is 0 Å². The maximum Gasteiger partial charge on any atom is 0.0758 e. The first-order valence-corrected chi connectivity index (χ1v) is 7.53. The zero-order valence-electron chi connectivity index (χ0n) is 11.2. The Bertz CT molecular complexity index is 543. The summed E-state index contributed by atoms with van der Waals surface area (Å²) in [4.78, 5) is 0. The lowest BCUT2D eigenvalue weighted by Crippen LogP contribution is -2.06. The molecule has 0 spiro atoms. The molecule has 1 aromatic heterocycles. The van der Waals surface area contributed by atoms with Crippen molar-refractivity contribution < 1.29 is 0 Å². The van der Waals surface area contributed by atoms with E-state index in [-0.39, 0.29) is 0 Å². The fourth-order valence-corrected chi connectivity index (χ4v) is 3.36. The Morgan fingerprint density at radius 3 is 2.61 bits per heavy atom. The van der Waals surface area contributed by atoms with Crippen molar-refractivity contribution in [2.45, 2.75) is 40.2 Å². The summed E-state index contributed by atoms with van der Waals surface area (Å²) in [7, 11) is 0. The molecular formula is C15H19IN2. The van der Waals surface area contributed by atoms with Gasteiger partial charge in [0.25, 0.3) is 0 Å². The topological polar surface area (TPSA) is 17.8 Å². The van der Waals surface area contributed by atoms with Crippen LogP contribution in [0.25, 0.3) is 0 Å². The standard InChI is InChI=1S/C15H19IN2/c1-4-13-15(16)14(5-2)18(17-13)10-12-8-6-7-11(3)9-12/h6-9H,4-5,10H2,1-3H3. The molecule has 2 aromatic rings. The van der Waals surface area contributed by atoms with Gasteiger partial charge in [-0.3, -0.25) is 4.68 Å². The van der Waals surface area contributed by atoms with Crippen LogP contribution in [0.1, 0.15) is 36.4 Å². The number of hydrogen-bond donors (Lipinski definition) is 0. The van der Waals surface area contributed by atoms with Crippen molar-refractivity contribution in [3.05, 3.63) is 50.4 Å². The summed E-state index contributed by atoms with van der Waals surface area (Å²) in [6, 6.07) is 8.66. The van der Waals surface area contributed by atoms with Gasteiger partial charge >= 0.3 is 0 Å². The molecule has 0 bridgehead atoms. The van der Waals surface area contributed by atoms with E-state index in [4.69, 9.17) is 5.10 Å². The summed E-state index contributed by atoms with van der Waals surface area (Å²) in [5.41, 5.74) is 5.21. The highest BCUT2D eigenvalue weighted by Crippen LogP contribution is 2.19. The van der Waals surface area contributed by atoms with Crippen LogP contribution in [0.15, 0.2) is 24.3 Å². The highest BCUT2D eigenvalue weighted by Gasteiger charge is 2.12. The largest absolute Gasteiger partial charge is 0.264 e. The number of hydrogen-bond acceptors (Lipinski definition) is 1. The first-order chi connectivity index (χ1) is 8.65. The van der Waals surface area contributed by atoms with Crippen molar-refractivity contribution in [1.29, 1.82) is 0 Å². The Hall–Kier alpha value is -0.840. The summed E-state index contributed by atoms with van der Waals surface area (Å²) in [5, 5.41) is 4.73. The molecule has 0 unspecified atom stereocenters. The SMILES string of the molecule is CCc1nn(Cc2cccc(C)c2)c(CC)c1I. The van der Waals surface area contributed by atoms with Gasteiger partial charge in [0, 0.05) is 0 Å². The number of nitrogens with zero attached hydrogens (tertiary/aromatic N) is 2. The van der Waals surface area contributed by atoms with Crippen LogP contribution in [0, 0.1) is 10.5 Å². The average molecular weight is 354 g/mol. The van der Waals surface area contributed by atoms with Crippen molar-refractivity contribution in [2.75, 3.05) is 0 Å². The molecule has 0 N–H and O–H groups in total. The maximum atomic E-state index is 4.73. The summed E-state index contributed by atoms with van der Waals surface area (Å²) in [6.07, 6.45) is 2.04. The van der Waals surface area contributed by atoms with E-state index in [1.165, 1.54) is 26.1 Å². The van der Waals surface area contributed by atoms with E-state index in [0.717, 1.165) is 19.4 Å². The first kappa shape index (κ1) is 13.6. The van der Waals surface area contributed by atoms with E-state index < -0.39 is 0 Å². The van der Waals surface area contributed by atoms with Gasteiger partial charge < -0.3 is 0 Å².